The number of ether oxygens (including phenoxy) is 2. The molecule has 1 unspecified atom stereocenters. The van der Waals surface area contributed by atoms with Gasteiger partial charge in [0.15, 0.2) is 0 Å². The minimum absolute atomic E-state index is 0. The van der Waals surface area contributed by atoms with Crippen molar-refractivity contribution in [3.05, 3.63) is 0 Å². The fourth-order valence-electron chi connectivity index (χ4n) is 2.91. The Bertz CT molecular complexity index is 322. The molecule has 0 aliphatic carbocycles. The predicted molar refractivity (Wildman–Crippen MR) is 97.4 cm³/mol. The second-order valence-electron chi connectivity index (χ2n) is 6.10. The summed E-state index contributed by atoms with van der Waals surface area (Å²) in [5.41, 5.74) is 5.46. The van der Waals surface area contributed by atoms with Gasteiger partial charge in [0.25, 0.3) is 0 Å². The zero-order valence-corrected chi connectivity index (χ0v) is 15.5. The van der Waals surface area contributed by atoms with E-state index < -0.39 is 0 Å². The molecule has 0 bridgehead atoms. The Morgan fingerprint density at radius 2 is 2.04 bits per heavy atom. The fraction of sp³-hybridized carbons (Fsp3) is 0.938. The van der Waals surface area contributed by atoms with E-state index in [4.69, 9.17) is 15.2 Å². The van der Waals surface area contributed by atoms with Gasteiger partial charge >= 0.3 is 0 Å². The number of likely N-dealkylation sites (tertiary alicyclic amines) is 1. The lowest BCUT2D eigenvalue weighted by Crippen LogP contribution is -2.42. The molecule has 2 fully saturated rings. The fourth-order valence-corrected chi connectivity index (χ4v) is 3.91. The van der Waals surface area contributed by atoms with Crippen LogP contribution in [0, 0.1) is 0 Å². The zero-order valence-electron chi connectivity index (χ0n) is 13.9. The molecular weight excluding hydrogens is 336 g/mol. The topological polar surface area (TPSA) is 64.8 Å². The summed E-state index contributed by atoms with van der Waals surface area (Å²) in [4.78, 5) is 14.2. The average Bonchev–Trinajstić information content (AvgIpc) is 2.56. The Morgan fingerprint density at radius 3 is 2.70 bits per heavy atom. The van der Waals surface area contributed by atoms with Gasteiger partial charge < -0.3 is 20.1 Å². The third kappa shape index (κ3) is 8.07. The molecule has 2 rings (SSSR count). The Morgan fingerprint density at radius 1 is 1.26 bits per heavy atom. The molecule has 23 heavy (non-hydrogen) atoms. The number of thioether (sulfide) groups is 1. The van der Waals surface area contributed by atoms with Crippen molar-refractivity contribution in [2.24, 2.45) is 5.73 Å². The number of nitrogens with two attached hydrogens (primary N) is 1. The molecule has 0 saturated carbocycles. The number of piperidine rings is 1. The largest absolute Gasteiger partial charge is 0.378 e. The van der Waals surface area contributed by atoms with Gasteiger partial charge in [0, 0.05) is 32.1 Å². The van der Waals surface area contributed by atoms with Crippen LogP contribution in [-0.4, -0.2) is 67.4 Å². The summed E-state index contributed by atoms with van der Waals surface area (Å²) in [6.45, 7) is 3.96. The van der Waals surface area contributed by atoms with Gasteiger partial charge in [0.1, 0.15) is 0 Å². The number of carbonyl (C=O) groups is 1. The zero-order chi connectivity index (χ0) is 15.6. The highest BCUT2D eigenvalue weighted by atomic mass is 35.5. The number of hydrogen-bond donors (Lipinski definition) is 1. The monoisotopic (exact) mass is 366 g/mol. The molecule has 0 aromatic carbocycles. The lowest BCUT2D eigenvalue weighted by Gasteiger charge is -2.32. The summed E-state index contributed by atoms with van der Waals surface area (Å²) in [5, 5.41) is 0. The van der Waals surface area contributed by atoms with E-state index in [1.807, 2.05) is 4.90 Å². The van der Waals surface area contributed by atoms with Gasteiger partial charge in [-0.3, -0.25) is 4.79 Å². The van der Waals surface area contributed by atoms with E-state index in [1.165, 1.54) is 12.8 Å². The van der Waals surface area contributed by atoms with Crippen LogP contribution in [0.1, 0.15) is 38.5 Å². The van der Waals surface area contributed by atoms with Crippen LogP contribution in [-0.2, 0) is 14.3 Å². The number of hydrogen-bond acceptors (Lipinski definition) is 5. The molecule has 2 saturated heterocycles. The first-order chi connectivity index (χ1) is 10.8. The molecule has 2 aliphatic heterocycles. The molecule has 0 aromatic rings. The molecule has 7 heteroatoms. The summed E-state index contributed by atoms with van der Waals surface area (Å²) in [7, 11) is 0. The molecule has 0 aromatic heterocycles. The molecule has 1 amide bonds. The normalized spacial score (nSPS) is 22.7. The van der Waals surface area contributed by atoms with Crippen molar-refractivity contribution in [1.82, 2.24) is 4.90 Å². The number of carbonyl (C=O) groups excluding carboxylic acids is 1. The highest BCUT2D eigenvalue weighted by molar-refractivity contribution is 7.99. The minimum atomic E-state index is 0. The van der Waals surface area contributed by atoms with Gasteiger partial charge in [-0.2, -0.15) is 0 Å². The summed E-state index contributed by atoms with van der Waals surface area (Å²) < 4.78 is 11.5. The molecule has 2 heterocycles. The SMILES string of the molecule is Cl.NCCCOC1CCN(C(=O)CSCC2CCCCO2)CC1. The summed E-state index contributed by atoms with van der Waals surface area (Å²) in [6, 6.07) is 0. The maximum atomic E-state index is 12.2. The molecule has 5 nitrogen and oxygen atoms in total. The summed E-state index contributed by atoms with van der Waals surface area (Å²) in [6.07, 6.45) is 7.07. The Balaban J connectivity index is 0.00000264. The van der Waals surface area contributed by atoms with Crippen LogP contribution < -0.4 is 5.73 Å². The van der Waals surface area contributed by atoms with E-state index in [1.54, 1.807) is 11.8 Å². The summed E-state index contributed by atoms with van der Waals surface area (Å²) in [5.74, 6) is 1.80. The molecule has 136 valence electrons. The lowest BCUT2D eigenvalue weighted by atomic mass is 10.1. The minimum Gasteiger partial charge on any atom is -0.378 e. The van der Waals surface area contributed by atoms with Crippen molar-refractivity contribution < 1.29 is 14.3 Å². The maximum Gasteiger partial charge on any atom is 0.232 e. The first kappa shape index (κ1) is 21.0. The van der Waals surface area contributed by atoms with Crippen molar-refractivity contribution in [2.75, 3.05) is 44.4 Å². The first-order valence-electron chi connectivity index (χ1n) is 8.58. The maximum absolute atomic E-state index is 12.2. The van der Waals surface area contributed by atoms with Gasteiger partial charge in [-0.05, 0) is 45.1 Å². The molecule has 0 spiro atoms. The van der Waals surface area contributed by atoms with E-state index in [0.717, 1.165) is 57.7 Å². The van der Waals surface area contributed by atoms with E-state index >= 15 is 0 Å². The second kappa shape index (κ2) is 12.4. The standard InChI is InChI=1S/C16H30N2O3S.ClH/c17-7-3-11-20-14-5-8-18(9-6-14)16(19)13-22-12-15-4-1-2-10-21-15;/h14-15H,1-13,17H2;1H. The summed E-state index contributed by atoms with van der Waals surface area (Å²) >= 11 is 1.72. The van der Waals surface area contributed by atoms with Gasteiger partial charge in [-0.15, -0.1) is 24.2 Å². The third-order valence-corrected chi connectivity index (χ3v) is 5.36. The number of halogens is 1. The van der Waals surface area contributed by atoms with Crippen molar-refractivity contribution >= 4 is 30.1 Å². The highest BCUT2D eigenvalue weighted by Crippen LogP contribution is 2.19. The van der Waals surface area contributed by atoms with Crippen molar-refractivity contribution in [3.8, 4) is 0 Å². The number of amides is 1. The van der Waals surface area contributed by atoms with Crippen LogP contribution in [0.4, 0.5) is 0 Å². The Labute approximate surface area is 150 Å². The van der Waals surface area contributed by atoms with E-state index in [-0.39, 0.29) is 18.3 Å². The molecule has 2 aliphatic rings. The van der Waals surface area contributed by atoms with Crippen molar-refractivity contribution in [2.45, 2.75) is 50.7 Å². The number of rotatable bonds is 8. The Kier molecular flexibility index (Phi) is 11.3. The van der Waals surface area contributed by atoms with E-state index in [0.29, 0.717) is 24.5 Å². The molecule has 1 atom stereocenters. The van der Waals surface area contributed by atoms with Gasteiger partial charge in [-0.25, -0.2) is 0 Å². The van der Waals surface area contributed by atoms with Crippen LogP contribution in [0.2, 0.25) is 0 Å². The molecule has 2 N–H and O–H groups in total. The molecular formula is C16H31ClN2O3S. The van der Waals surface area contributed by atoms with Crippen molar-refractivity contribution in [1.29, 1.82) is 0 Å². The molecule has 0 radical (unpaired) electrons. The third-order valence-electron chi connectivity index (χ3n) is 4.30. The van der Waals surface area contributed by atoms with Gasteiger partial charge in [0.05, 0.1) is 18.0 Å². The smallest absolute Gasteiger partial charge is 0.232 e. The van der Waals surface area contributed by atoms with Crippen molar-refractivity contribution in [3.63, 3.8) is 0 Å². The van der Waals surface area contributed by atoms with Crippen LogP contribution in [0.5, 0.6) is 0 Å². The Hall–Kier alpha value is -0.0100. The van der Waals surface area contributed by atoms with Crippen LogP contribution in [0.3, 0.4) is 0 Å². The van der Waals surface area contributed by atoms with Crippen LogP contribution in [0.25, 0.3) is 0 Å². The van der Waals surface area contributed by atoms with E-state index in [9.17, 15) is 4.79 Å². The predicted octanol–water partition coefficient (Wildman–Crippen LogP) is 2.07. The average molecular weight is 367 g/mol. The number of nitrogens with zero attached hydrogens (tertiary/aromatic N) is 1. The van der Waals surface area contributed by atoms with Gasteiger partial charge in [0.2, 0.25) is 5.91 Å². The van der Waals surface area contributed by atoms with Gasteiger partial charge in [-0.1, -0.05) is 0 Å². The lowest BCUT2D eigenvalue weighted by molar-refractivity contribution is -0.130. The second-order valence-corrected chi connectivity index (χ2v) is 7.13. The van der Waals surface area contributed by atoms with Crippen LogP contribution in [0.15, 0.2) is 0 Å². The van der Waals surface area contributed by atoms with E-state index in [2.05, 4.69) is 0 Å². The van der Waals surface area contributed by atoms with Crippen LogP contribution >= 0.6 is 24.2 Å². The quantitative estimate of drug-likeness (QED) is 0.666. The first-order valence-corrected chi connectivity index (χ1v) is 9.74. The highest BCUT2D eigenvalue weighted by Gasteiger charge is 2.23.